The van der Waals surface area contributed by atoms with Gasteiger partial charge in [-0.25, -0.2) is 0 Å². The summed E-state index contributed by atoms with van der Waals surface area (Å²) in [5, 5.41) is 8.86. The molecule has 3 N–H and O–H groups in total. The number of halogens is 1. The van der Waals surface area contributed by atoms with Gasteiger partial charge in [0.1, 0.15) is 0 Å². The van der Waals surface area contributed by atoms with E-state index in [1.807, 2.05) is 67.6 Å². The lowest BCUT2D eigenvalue weighted by molar-refractivity contribution is -0.114. The van der Waals surface area contributed by atoms with Crippen LogP contribution in [0.15, 0.2) is 72.8 Å². The summed E-state index contributed by atoms with van der Waals surface area (Å²) in [6.07, 6.45) is 0. The highest BCUT2D eigenvalue weighted by Gasteiger charge is 2.10. The van der Waals surface area contributed by atoms with Gasteiger partial charge in [0.15, 0.2) is 0 Å². The van der Waals surface area contributed by atoms with Crippen molar-refractivity contribution in [1.82, 2.24) is 0 Å². The third-order valence-corrected chi connectivity index (χ3v) is 5.06. The molecular formula is C22H20IN3O2. The lowest BCUT2D eigenvalue weighted by Gasteiger charge is -2.13. The molecule has 0 bridgehead atoms. The normalized spacial score (nSPS) is 10.2. The van der Waals surface area contributed by atoms with Gasteiger partial charge in [0, 0.05) is 20.5 Å². The zero-order valence-corrected chi connectivity index (χ0v) is 17.5. The smallest absolute Gasteiger partial charge is 0.255 e. The molecule has 142 valence electrons. The van der Waals surface area contributed by atoms with Crippen molar-refractivity contribution < 1.29 is 9.59 Å². The zero-order chi connectivity index (χ0) is 19.9. The van der Waals surface area contributed by atoms with Crippen LogP contribution in [0.4, 0.5) is 17.1 Å². The predicted molar refractivity (Wildman–Crippen MR) is 122 cm³/mol. The van der Waals surface area contributed by atoms with E-state index in [9.17, 15) is 9.59 Å². The van der Waals surface area contributed by atoms with Crippen molar-refractivity contribution in [2.45, 2.75) is 6.92 Å². The van der Waals surface area contributed by atoms with Crippen molar-refractivity contribution in [3.63, 3.8) is 0 Å². The van der Waals surface area contributed by atoms with E-state index in [1.165, 1.54) is 0 Å². The first-order valence-electron chi connectivity index (χ1n) is 8.78. The maximum Gasteiger partial charge on any atom is 0.255 e. The largest absolute Gasteiger partial charge is 0.376 e. The summed E-state index contributed by atoms with van der Waals surface area (Å²) in [6, 6.07) is 22.3. The molecule has 0 aromatic heterocycles. The molecule has 0 aliphatic carbocycles. The quantitative estimate of drug-likeness (QED) is 0.435. The summed E-state index contributed by atoms with van der Waals surface area (Å²) in [5.74, 6) is -0.347. The topological polar surface area (TPSA) is 70.2 Å². The Kier molecular flexibility index (Phi) is 6.65. The molecule has 6 heteroatoms. The minimum Gasteiger partial charge on any atom is -0.376 e. The van der Waals surface area contributed by atoms with Crippen LogP contribution in [-0.4, -0.2) is 18.4 Å². The first-order chi connectivity index (χ1) is 13.5. The lowest BCUT2D eigenvalue weighted by atomic mass is 10.1. The van der Waals surface area contributed by atoms with Crippen LogP contribution in [0.25, 0.3) is 0 Å². The number of amides is 2. The van der Waals surface area contributed by atoms with E-state index in [1.54, 1.807) is 12.1 Å². The summed E-state index contributed by atoms with van der Waals surface area (Å²) >= 11 is 2.18. The highest BCUT2D eigenvalue weighted by atomic mass is 127. The number of nitrogens with one attached hydrogen (secondary N) is 3. The van der Waals surface area contributed by atoms with Gasteiger partial charge in [0.25, 0.3) is 5.91 Å². The Labute approximate surface area is 177 Å². The van der Waals surface area contributed by atoms with Crippen LogP contribution in [0.2, 0.25) is 0 Å². The van der Waals surface area contributed by atoms with Crippen LogP contribution in [0.3, 0.4) is 0 Å². The fourth-order valence-corrected chi connectivity index (χ4v) is 3.13. The third-order valence-electron chi connectivity index (χ3n) is 4.12. The van der Waals surface area contributed by atoms with Gasteiger partial charge in [0.2, 0.25) is 5.91 Å². The number of para-hydroxylation sites is 2. The second-order valence-electron chi connectivity index (χ2n) is 6.23. The molecule has 0 saturated heterocycles. The Morgan fingerprint density at radius 1 is 0.857 bits per heavy atom. The molecule has 0 fully saturated rings. The van der Waals surface area contributed by atoms with Crippen LogP contribution in [-0.2, 0) is 4.79 Å². The van der Waals surface area contributed by atoms with Gasteiger partial charge in [-0.3, -0.25) is 9.59 Å². The lowest BCUT2D eigenvalue weighted by Crippen LogP contribution is -2.22. The summed E-state index contributed by atoms with van der Waals surface area (Å²) in [4.78, 5) is 24.7. The van der Waals surface area contributed by atoms with Crippen molar-refractivity contribution >= 4 is 51.5 Å². The van der Waals surface area contributed by atoms with Gasteiger partial charge in [0.05, 0.1) is 12.2 Å². The number of rotatable bonds is 6. The number of aryl methyl sites for hydroxylation is 1. The van der Waals surface area contributed by atoms with Crippen molar-refractivity contribution in [3.8, 4) is 0 Å². The average molecular weight is 485 g/mol. The first kappa shape index (κ1) is 19.9. The molecule has 5 nitrogen and oxygen atoms in total. The Hall–Kier alpha value is -2.87. The summed E-state index contributed by atoms with van der Waals surface area (Å²) in [7, 11) is 0. The molecule has 3 aromatic carbocycles. The highest BCUT2D eigenvalue weighted by molar-refractivity contribution is 14.1. The number of carbonyl (C=O) groups is 2. The van der Waals surface area contributed by atoms with Crippen molar-refractivity contribution in [1.29, 1.82) is 0 Å². The van der Waals surface area contributed by atoms with E-state index in [-0.39, 0.29) is 18.4 Å². The second-order valence-corrected chi connectivity index (χ2v) is 7.39. The van der Waals surface area contributed by atoms with Crippen LogP contribution in [0.5, 0.6) is 0 Å². The molecule has 0 aliphatic heterocycles. The number of hydrogen-bond donors (Lipinski definition) is 3. The molecule has 2 amide bonds. The van der Waals surface area contributed by atoms with E-state index in [4.69, 9.17) is 0 Å². The van der Waals surface area contributed by atoms with Crippen molar-refractivity contribution in [2.75, 3.05) is 22.5 Å². The van der Waals surface area contributed by atoms with Gasteiger partial charge in [-0.15, -0.1) is 0 Å². The minimum atomic E-state index is -0.197. The van der Waals surface area contributed by atoms with Crippen molar-refractivity contribution in [2.24, 2.45) is 0 Å². The molecule has 0 unspecified atom stereocenters. The average Bonchev–Trinajstić information content (AvgIpc) is 2.70. The fourth-order valence-electron chi connectivity index (χ4n) is 2.61. The number of carbonyl (C=O) groups excluding carboxylic acids is 2. The molecule has 0 radical (unpaired) electrons. The van der Waals surface area contributed by atoms with E-state index in [0.717, 1.165) is 26.2 Å². The van der Waals surface area contributed by atoms with Gasteiger partial charge < -0.3 is 16.0 Å². The standard InChI is InChI=1S/C22H20IN3O2/c1-15-11-12-16(22(28)25-17-7-3-2-4-8-17)13-20(15)24-14-21(27)26-19-10-6-5-9-18(19)23/h2-13,24H,14H2,1H3,(H,25,28)(H,26,27). The molecule has 0 aliphatic rings. The van der Waals surface area contributed by atoms with Crippen molar-refractivity contribution in [3.05, 3.63) is 87.5 Å². The number of hydrogen-bond acceptors (Lipinski definition) is 3. The number of anilines is 3. The van der Waals surface area contributed by atoms with Gasteiger partial charge in [-0.2, -0.15) is 0 Å². The molecule has 0 spiro atoms. The maximum atomic E-state index is 12.5. The van der Waals surface area contributed by atoms with Crippen LogP contribution in [0, 0.1) is 10.5 Å². The summed E-state index contributed by atoms with van der Waals surface area (Å²) in [6.45, 7) is 2.04. The fraction of sp³-hybridized carbons (Fsp3) is 0.0909. The monoisotopic (exact) mass is 485 g/mol. The van der Waals surface area contributed by atoms with E-state index in [2.05, 4.69) is 38.5 Å². The first-order valence-corrected chi connectivity index (χ1v) is 9.86. The molecule has 28 heavy (non-hydrogen) atoms. The SMILES string of the molecule is Cc1ccc(C(=O)Nc2ccccc2)cc1NCC(=O)Nc1ccccc1I. The van der Waals surface area contributed by atoms with Crippen LogP contribution in [0.1, 0.15) is 15.9 Å². The van der Waals surface area contributed by atoms with Crippen LogP contribution >= 0.6 is 22.6 Å². The summed E-state index contributed by atoms with van der Waals surface area (Å²) < 4.78 is 0.976. The van der Waals surface area contributed by atoms with Gasteiger partial charge in [-0.05, 0) is 71.5 Å². The van der Waals surface area contributed by atoms with E-state index in [0.29, 0.717) is 5.56 Å². The maximum absolute atomic E-state index is 12.5. The Balaban J connectivity index is 1.64. The molecule has 0 atom stereocenters. The third kappa shape index (κ3) is 5.32. The highest BCUT2D eigenvalue weighted by Crippen LogP contribution is 2.19. The Bertz CT molecular complexity index is 990. The molecule has 0 heterocycles. The number of benzene rings is 3. The van der Waals surface area contributed by atoms with E-state index < -0.39 is 0 Å². The molecule has 0 saturated carbocycles. The molecular weight excluding hydrogens is 465 g/mol. The Morgan fingerprint density at radius 3 is 2.32 bits per heavy atom. The van der Waals surface area contributed by atoms with E-state index >= 15 is 0 Å². The van der Waals surface area contributed by atoms with Crippen LogP contribution < -0.4 is 16.0 Å². The zero-order valence-electron chi connectivity index (χ0n) is 15.3. The molecule has 3 rings (SSSR count). The van der Waals surface area contributed by atoms with Gasteiger partial charge in [-0.1, -0.05) is 36.4 Å². The minimum absolute atomic E-state index is 0.107. The second kappa shape index (κ2) is 9.36. The molecule has 3 aromatic rings. The predicted octanol–water partition coefficient (Wildman–Crippen LogP) is 4.90. The Morgan fingerprint density at radius 2 is 1.57 bits per heavy atom. The van der Waals surface area contributed by atoms with Gasteiger partial charge >= 0.3 is 0 Å². The summed E-state index contributed by atoms with van der Waals surface area (Å²) in [5.41, 5.74) is 3.74.